The van der Waals surface area contributed by atoms with Crippen molar-refractivity contribution in [1.29, 1.82) is 0 Å². The van der Waals surface area contributed by atoms with Crippen molar-refractivity contribution in [2.45, 2.75) is 51.0 Å². The Hall–Kier alpha value is -0.890. The first-order chi connectivity index (χ1) is 7.68. The molecule has 1 nitrogen and oxygen atoms in total. The van der Waals surface area contributed by atoms with Gasteiger partial charge in [-0.2, -0.15) is 0 Å². The zero-order valence-corrected chi connectivity index (χ0v) is 9.75. The van der Waals surface area contributed by atoms with Crippen molar-refractivity contribution in [2.75, 3.05) is 0 Å². The molecule has 2 rings (SSSR count). The van der Waals surface area contributed by atoms with Crippen LogP contribution < -0.4 is 0 Å². The molecule has 1 N–H and O–H groups in total. The minimum absolute atomic E-state index is 0.123. The van der Waals surface area contributed by atoms with Crippen LogP contribution in [-0.4, -0.2) is 11.2 Å². The Bertz CT molecular complexity index is 362. The first-order valence-electron chi connectivity index (χ1n) is 6.12. The van der Waals surface area contributed by atoms with Gasteiger partial charge in [-0.05, 0) is 37.0 Å². The average molecular weight is 222 g/mol. The number of hydrogen-bond acceptors (Lipinski definition) is 1. The van der Waals surface area contributed by atoms with Gasteiger partial charge in [0.15, 0.2) is 0 Å². The third kappa shape index (κ3) is 2.43. The summed E-state index contributed by atoms with van der Waals surface area (Å²) in [5.41, 5.74) is 1.63. The number of halogens is 1. The van der Waals surface area contributed by atoms with E-state index in [-0.39, 0.29) is 17.8 Å². The van der Waals surface area contributed by atoms with Crippen LogP contribution >= 0.6 is 0 Å². The fourth-order valence-electron chi connectivity index (χ4n) is 2.52. The minimum atomic E-state index is -0.301. The molecule has 16 heavy (non-hydrogen) atoms. The van der Waals surface area contributed by atoms with Crippen LogP contribution in [0.2, 0.25) is 0 Å². The topological polar surface area (TPSA) is 20.2 Å². The molecule has 2 atom stereocenters. The van der Waals surface area contributed by atoms with Crippen LogP contribution in [0.3, 0.4) is 0 Å². The highest BCUT2D eigenvalue weighted by Crippen LogP contribution is 2.32. The Kier molecular flexibility index (Phi) is 3.59. The Balaban J connectivity index is 2.23. The van der Waals surface area contributed by atoms with Gasteiger partial charge in [-0.3, -0.25) is 0 Å². The van der Waals surface area contributed by atoms with E-state index >= 15 is 0 Å². The highest BCUT2D eigenvalue weighted by Gasteiger charge is 2.23. The van der Waals surface area contributed by atoms with Gasteiger partial charge >= 0.3 is 0 Å². The van der Waals surface area contributed by atoms with E-state index < -0.39 is 0 Å². The highest BCUT2D eigenvalue weighted by molar-refractivity contribution is 5.27. The van der Waals surface area contributed by atoms with Crippen molar-refractivity contribution in [3.05, 3.63) is 35.1 Å². The fourth-order valence-corrected chi connectivity index (χ4v) is 2.52. The second-order valence-corrected chi connectivity index (χ2v) is 4.82. The van der Waals surface area contributed by atoms with E-state index in [1.807, 2.05) is 12.1 Å². The van der Waals surface area contributed by atoms with Crippen LogP contribution in [0.5, 0.6) is 0 Å². The summed E-state index contributed by atoms with van der Waals surface area (Å²) in [7, 11) is 0. The van der Waals surface area contributed by atoms with E-state index in [0.29, 0.717) is 5.56 Å². The number of benzene rings is 1. The number of aliphatic hydroxyl groups is 1. The third-order valence-electron chi connectivity index (χ3n) is 3.60. The molecule has 1 aromatic rings. The van der Waals surface area contributed by atoms with E-state index in [1.54, 1.807) is 13.0 Å². The largest absolute Gasteiger partial charge is 0.392 e. The van der Waals surface area contributed by atoms with Gasteiger partial charge in [0.05, 0.1) is 6.10 Å². The molecule has 0 aliphatic heterocycles. The SMILES string of the molecule is Cc1ccc(C2CCCCCC2O)cc1F. The maximum absolute atomic E-state index is 13.5. The van der Waals surface area contributed by atoms with Crippen molar-refractivity contribution in [3.8, 4) is 0 Å². The van der Waals surface area contributed by atoms with Gasteiger partial charge < -0.3 is 5.11 Å². The molecule has 1 aromatic carbocycles. The maximum atomic E-state index is 13.5. The number of aliphatic hydroxyl groups excluding tert-OH is 1. The molecule has 0 amide bonds. The van der Waals surface area contributed by atoms with Gasteiger partial charge in [-0.15, -0.1) is 0 Å². The maximum Gasteiger partial charge on any atom is 0.126 e. The molecule has 2 heteroatoms. The third-order valence-corrected chi connectivity index (χ3v) is 3.60. The first-order valence-corrected chi connectivity index (χ1v) is 6.12. The van der Waals surface area contributed by atoms with Crippen molar-refractivity contribution in [2.24, 2.45) is 0 Å². The molecule has 0 radical (unpaired) electrons. The number of rotatable bonds is 1. The molecule has 1 fully saturated rings. The molecule has 0 bridgehead atoms. The summed E-state index contributed by atoms with van der Waals surface area (Å²) in [5.74, 6) is -0.0356. The Morgan fingerprint density at radius 2 is 1.94 bits per heavy atom. The van der Waals surface area contributed by atoms with Gasteiger partial charge in [0.1, 0.15) is 5.82 Å². The quantitative estimate of drug-likeness (QED) is 0.720. The van der Waals surface area contributed by atoms with Gasteiger partial charge in [-0.1, -0.05) is 31.4 Å². The predicted molar refractivity (Wildman–Crippen MR) is 63.0 cm³/mol. The van der Waals surface area contributed by atoms with Crippen LogP contribution in [-0.2, 0) is 0 Å². The van der Waals surface area contributed by atoms with Crippen molar-refractivity contribution >= 4 is 0 Å². The summed E-state index contributed by atoms with van der Waals surface area (Å²) in [4.78, 5) is 0. The van der Waals surface area contributed by atoms with E-state index in [1.165, 1.54) is 6.42 Å². The second-order valence-electron chi connectivity index (χ2n) is 4.82. The smallest absolute Gasteiger partial charge is 0.126 e. The second kappa shape index (κ2) is 4.96. The molecular weight excluding hydrogens is 203 g/mol. The van der Waals surface area contributed by atoms with Crippen molar-refractivity contribution in [3.63, 3.8) is 0 Å². The van der Waals surface area contributed by atoms with Crippen LogP contribution in [0.1, 0.15) is 49.1 Å². The number of aryl methyl sites for hydroxylation is 1. The van der Waals surface area contributed by atoms with E-state index in [2.05, 4.69) is 0 Å². The summed E-state index contributed by atoms with van der Waals surface area (Å²) < 4.78 is 13.5. The predicted octanol–water partition coefficient (Wildman–Crippen LogP) is 3.54. The molecule has 1 aliphatic rings. The van der Waals surface area contributed by atoms with E-state index in [4.69, 9.17) is 0 Å². The lowest BCUT2D eigenvalue weighted by molar-refractivity contribution is 0.135. The molecule has 1 saturated carbocycles. The van der Waals surface area contributed by atoms with Gasteiger partial charge in [-0.25, -0.2) is 4.39 Å². The minimum Gasteiger partial charge on any atom is -0.392 e. The Labute approximate surface area is 96.3 Å². The molecule has 0 spiro atoms. The molecule has 1 aliphatic carbocycles. The molecule has 2 unspecified atom stereocenters. The molecule has 0 saturated heterocycles. The van der Waals surface area contributed by atoms with Crippen molar-refractivity contribution < 1.29 is 9.50 Å². The van der Waals surface area contributed by atoms with Crippen molar-refractivity contribution in [1.82, 2.24) is 0 Å². The first kappa shape index (κ1) is 11.6. The van der Waals surface area contributed by atoms with Gasteiger partial charge in [0.2, 0.25) is 0 Å². The average Bonchev–Trinajstić information content (AvgIpc) is 2.47. The summed E-state index contributed by atoms with van der Waals surface area (Å²) in [6.07, 6.45) is 4.93. The van der Waals surface area contributed by atoms with E-state index in [9.17, 15) is 9.50 Å². The molecule has 88 valence electrons. The number of hydrogen-bond donors (Lipinski definition) is 1. The lowest BCUT2D eigenvalue weighted by atomic mass is 9.89. The zero-order chi connectivity index (χ0) is 11.5. The van der Waals surface area contributed by atoms with Crippen LogP contribution in [0, 0.1) is 12.7 Å². The Morgan fingerprint density at radius 3 is 2.69 bits per heavy atom. The highest BCUT2D eigenvalue weighted by atomic mass is 19.1. The monoisotopic (exact) mass is 222 g/mol. The normalized spacial score (nSPS) is 26.4. The molecular formula is C14H19FO. The zero-order valence-electron chi connectivity index (χ0n) is 9.75. The van der Waals surface area contributed by atoms with Gasteiger partial charge in [0.25, 0.3) is 0 Å². The fraction of sp³-hybridized carbons (Fsp3) is 0.571. The summed E-state index contributed by atoms with van der Waals surface area (Å²) in [6, 6.07) is 5.36. The van der Waals surface area contributed by atoms with E-state index in [0.717, 1.165) is 31.2 Å². The lowest BCUT2D eigenvalue weighted by Gasteiger charge is -2.21. The standard InChI is InChI=1S/C14H19FO/c1-10-7-8-11(9-13(10)15)12-5-3-2-4-6-14(12)16/h7-9,12,14,16H,2-6H2,1H3. The van der Waals surface area contributed by atoms with Gasteiger partial charge in [0, 0.05) is 5.92 Å². The van der Waals surface area contributed by atoms with Crippen LogP contribution in [0.15, 0.2) is 18.2 Å². The summed E-state index contributed by atoms with van der Waals surface area (Å²) in [5, 5.41) is 10.0. The Morgan fingerprint density at radius 1 is 1.19 bits per heavy atom. The summed E-state index contributed by atoms with van der Waals surface area (Å²) >= 11 is 0. The van der Waals surface area contributed by atoms with Crippen LogP contribution in [0.4, 0.5) is 4.39 Å². The molecule has 0 heterocycles. The summed E-state index contributed by atoms with van der Waals surface area (Å²) in [6.45, 7) is 1.77. The lowest BCUT2D eigenvalue weighted by Crippen LogP contribution is -2.17. The molecule has 0 aromatic heterocycles. The van der Waals surface area contributed by atoms with Crippen LogP contribution in [0.25, 0.3) is 0 Å².